The van der Waals surface area contributed by atoms with E-state index in [1.165, 1.54) is 4.31 Å². The highest BCUT2D eigenvalue weighted by molar-refractivity contribution is 7.89. The Hall–Kier alpha value is -0.920. The smallest absolute Gasteiger partial charge is 0.246 e. The highest BCUT2D eigenvalue weighted by Gasteiger charge is 2.27. The summed E-state index contributed by atoms with van der Waals surface area (Å²) in [4.78, 5) is 0.303. The molecule has 2 N–H and O–H groups in total. The third kappa shape index (κ3) is 2.90. The average molecular weight is 274 g/mol. The van der Waals surface area contributed by atoms with Crippen molar-refractivity contribution in [2.45, 2.75) is 38.1 Å². The van der Waals surface area contributed by atoms with E-state index in [0.29, 0.717) is 29.2 Å². The van der Waals surface area contributed by atoms with E-state index < -0.39 is 10.0 Å². The summed E-state index contributed by atoms with van der Waals surface area (Å²) in [7, 11) is -0.168. The van der Waals surface area contributed by atoms with Crippen LogP contribution in [-0.2, 0) is 17.1 Å². The largest absolute Gasteiger partial charge is 0.328 e. The van der Waals surface area contributed by atoms with E-state index in [9.17, 15) is 8.42 Å². The molecule has 0 aliphatic heterocycles. The molecular formula is C11H22N4O2S. The second-order valence-electron chi connectivity index (χ2n) is 4.72. The van der Waals surface area contributed by atoms with Crippen LogP contribution in [0.5, 0.6) is 0 Å². The highest BCUT2D eigenvalue weighted by Crippen LogP contribution is 2.22. The molecule has 0 bridgehead atoms. The van der Waals surface area contributed by atoms with E-state index in [4.69, 9.17) is 5.73 Å². The van der Waals surface area contributed by atoms with Crippen molar-refractivity contribution in [1.29, 1.82) is 0 Å². The minimum absolute atomic E-state index is 0.0151. The number of sulfonamides is 1. The van der Waals surface area contributed by atoms with Crippen LogP contribution in [0.2, 0.25) is 0 Å². The minimum Gasteiger partial charge on any atom is -0.328 e. The molecule has 0 aromatic carbocycles. The fourth-order valence-corrected chi connectivity index (χ4v) is 3.37. The number of aromatic nitrogens is 2. The first-order valence-electron chi connectivity index (χ1n) is 5.90. The molecule has 0 saturated carbocycles. The van der Waals surface area contributed by atoms with E-state index in [2.05, 4.69) is 5.10 Å². The van der Waals surface area contributed by atoms with Crippen molar-refractivity contribution >= 4 is 10.0 Å². The first kappa shape index (κ1) is 15.1. The van der Waals surface area contributed by atoms with Gasteiger partial charge in [0.1, 0.15) is 4.90 Å². The maximum atomic E-state index is 12.4. The number of nitrogens with two attached hydrogens (primary N) is 1. The van der Waals surface area contributed by atoms with Gasteiger partial charge in [-0.25, -0.2) is 12.7 Å². The van der Waals surface area contributed by atoms with Gasteiger partial charge in [-0.15, -0.1) is 0 Å². The fourth-order valence-electron chi connectivity index (χ4n) is 1.79. The Morgan fingerprint density at radius 3 is 2.39 bits per heavy atom. The molecule has 0 spiro atoms. The second-order valence-corrected chi connectivity index (χ2v) is 6.70. The van der Waals surface area contributed by atoms with Crippen LogP contribution in [0.25, 0.3) is 0 Å². The lowest BCUT2D eigenvalue weighted by Gasteiger charge is -2.18. The SMILES string of the molecule is Cc1nn(C)c(C)c1S(=O)(=O)N(C)CCC(C)N. The van der Waals surface area contributed by atoms with Crippen molar-refractivity contribution in [2.75, 3.05) is 13.6 Å². The molecule has 0 fully saturated rings. The van der Waals surface area contributed by atoms with Gasteiger partial charge in [-0.2, -0.15) is 5.10 Å². The lowest BCUT2D eigenvalue weighted by Crippen LogP contribution is -2.32. The van der Waals surface area contributed by atoms with E-state index in [0.717, 1.165) is 0 Å². The van der Waals surface area contributed by atoms with Crippen LogP contribution in [0.1, 0.15) is 24.7 Å². The molecule has 6 nitrogen and oxygen atoms in total. The van der Waals surface area contributed by atoms with Crippen LogP contribution in [0.15, 0.2) is 4.90 Å². The van der Waals surface area contributed by atoms with Crippen LogP contribution < -0.4 is 5.73 Å². The molecule has 0 aliphatic rings. The lowest BCUT2D eigenvalue weighted by molar-refractivity contribution is 0.445. The van der Waals surface area contributed by atoms with Crippen molar-refractivity contribution in [3.63, 3.8) is 0 Å². The summed E-state index contributed by atoms with van der Waals surface area (Å²) < 4.78 is 27.8. The zero-order valence-corrected chi connectivity index (χ0v) is 12.5. The summed E-state index contributed by atoms with van der Waals surface area (Å²) in [5.74, 6) is 0. The number of nitrogens with zero attached hydrogens (tertiary/aromatic N) is 3. The van der Waals surface area contributed by atoms with Gasteiger partial charge in [0.25, 0.3) is 0 Å². The molecule has 0 amide bonds. The Kier molecular flexibility index (Phi) is 4.52. The van der Waals surface area contributed by atoms with Gasteiger partial charge in [0.15, 0.2) is 0 Å². The van der Waals surface area contributed by atoms with Gasteiger partial charge in [0.2, 0.25) is 10.0 Å². The van der Waals surface area contributed by atoms with E-state index in [-0.39, 0.29) is 6.04 Å². The molecule has 1 atom stereocenters. The number of aryl methyl sites for hydroxylation is 2. The fraction of sp³-hybridized carbons (Fsp3) is 0.727. The molecular weight excluding hydrogens is 252 g/mol. The second kappa shape index (κ2) is 5.38. The number of hydrogen-bond donors (Lipinski definition) is 1. The summed E-state index contributed by atoms with van der Waals surface area (Å²) in [5, 5.41) is 4.14. The summed E-state index contributed by atoms with van der Waals surface area (Å²) in [6.45, 7) is 5.74. The molecule has 1 aromatic rings. The lowest BCUT2D eigenvalue weighted by atomic mass is 10.2. The first-order valence-corrected chi connectivity index (χ1v) is 7.34. The summed E-state index contributed by atoms with van der Waals surface area (Å²) in [6.07, 6.45) is 0.633. The average Bonchev–Trinajstić information content (AvgIpc) is 2.49. The molecule has 104 valence electrons. The van der Waals surface area contributed by atoms with Gasteiger partial charge in [0, 0.05) is 26.7 Å². The van der Waals surface area contributed by atoms with Crippen LogP contribution >= 0.6 is 0 Å². The van der Waals surface area contributed by atoms with Gasteiger partial charge in [0.05, 0.1) is 11.4 Å². The number of hydrogen-bond acceptors (Lipinski definition) is 4. The van der Waals surface area contributed by atoms with Gasteiger partial charge in [-0.05, 0) is 27.2 Å². The molecule has 1 heterocycles. The maximum absolute atomic E-state index is 12.4. The van der Waals surface area contributed by atoms with Crippen LogP contribution in [-0.4, -0.2) is 42.1 Å². The third-order valence-corrected chi connectivity index (χ3v) is 5.12. The number of rotatable bonds is 5. The summed E-state index contributed by atoms with van der Waals surface area (Å²) in [5.41, 5.74) is 6.83. The summed E-state index contributed by atoms with van der Waals surface area (Å²) >= 11 is 0. The predicted molar refractivity (Wildman–Crippen MR) is 70.8 cm³/mol. The van der Waals surface area contributed by atoms with Crippen LogP contribution in [0.4, 0.5) is 0 Å². The maximum Gasteiger partial charge on any atom is 0.246 e. The van der Waals surface area contributed by atoms with Crippen molar-refractivity contribution < 1.29 is 8.42 Å². The Labute approximate surface area is 109 Å². The highest BCUT2D eigenvalue weighted by atomic mass is 32.2. The van der Waals surface area contributed by atoms with Gasteiger partial charge in [-0.3, -0.25) is 4.68 Å². The molecule has 7 heteroatoms. The zero-order valence-electron chi connectivity index (χ0n) is 11.6. The first-order chi connectivity index (χ1) is 8.17. The minimum atomic E-state index is -3.48. The Morgan fingerprint density at radius 1 is 1.44 bits per heavy atom. The molecule has 1 rings (SSSR count). The zero-order chi connectivity index (χ0) is 14.1. The van der Waals surface area contributed by atoms with E-state index in [1.54, 1.807) is 32.6 Å². The normalized spacial score (nSPS) is 14.2. The molecule has 0 saturated heterocycles. The van der Waals surface area contributed by atoms with E-state index >= 15 is 0 Å². The van der Waals surface area contributed by atoms with Crippen LogP contribution in [0, 0.1) is 13.8 Å². The third-order valence-electron chi connectivity index (χ3n) is 3.01. The topological polar surface area (TPSA) is 81.2 Å². The quantitative estimate of drug-likeness (QED) is 0.842. The molecule has 0 radical (unpaired) electrons. The summed E-state index contributed by atoms with van der Waals surface area (Å²) in [6, 6.07) is -0.0151. The predicted octanol–water partition coefficient (Wildman–Crippen LogP) is 0.395. The van der Waals surface area contributed by atoms with Gasteiger partial charge < -0.3 is 5.73 Å². The van der Waals surface area contributed by atoms with Gasteiger partial charge >= 0.3 is 0 Å². The van der Waals surface area contributed by atoms with E-state index in [1.807, 2.05) is 6.92 Å². The Bertz CT molecular complexity index is 519. The van der Waals surface area contributed by atoms with Crippen molar-refractivity contribution in [1.82, 2.24) is 14.1 Å². The molecule has 1 unspecified atom stereocenters. The van der Waals surface area contributed by atoms with Crippen molar-refractivity contribution in [3.05, 3.63) is 11.4 Å². The van der Waals surface area contributed by atoms with Crippen LogP contribution in [0.3, 0.4) is 0 Å². The molecule has 18 heavy (non-hydrogen) atoms. The van der Waals surface area contributed by atoms with Crippen molar-refractivity contribution in [2.24, 2.45) is 12.8 Å². The van der Waals surface area contributed by atoms with Gasteiger partial charge in [-0.1, -0.05) is 0 Å². The van der Waals surface area contributed by atoms with Crippen molar-refractivity contribution in [3.8, 4) is 0 Å². The Balaban J connectivity index is 3.06. The monoisotopic (exact) mass is 274 g/mol. The molecule has 1 aromatic heterocycles. The molecule has 0 aliphatic carbocycles. The standard InChI is InChI=1S/C11H22N4O2S/c1-8(12)6-7-14(4)18(16,17)11-9(2)13-15(5)10(11)3/h8H,6-7,12H2,1-5H3. The Morgan fingerprint density at radius 2 is 2.00 bits per heavy atom.